The van der Waals surface area contributed by atoms with E-state index in [4.69, 9.17) is 23.2 Å². The van der Waals surface area contributed by atoms with Crippen molar-refractivity contribution in [1.29, 1.82) is 0 Å². The first-order valence-corrected chi connectivity index (χ1v) is 9.40. The predicted molar refractivity (Wildman–Crippen MR) is 104 cm³/mol. The molecular weight excluding hydrogens is 355 g/mol. The van der Waals surface area contributed by atoms with Crippen LogP contribution in [0.1, 0.15) is 22.3 Å². The van der Waals surface area contributed by atoms with Crippen molar-refractivity contribution in [2.24, 2.45) is 0 Å². The third-order valence-electron chi connectivity index (χ3n) is 4.60. The summed E-state index contributed by atoms with van der Waals surface area (Å²) in [7, 11) is 0. The topological polar surface area (TPSA) is 23.6 Å². The van der Waals surface area contributed by atoms with Gasteiger partial charge < -0.3 is 9.80 Å². The number of hydrogen-bond acceptors (Lipinski definition) is 2. The first-order chi connectivity index (χ1) is 12.1. The molecule has 0 N–H and O–H groups in total. The van der Waals surface area contributed by atoms with E-state index in [0.717, 1.165) is 50.6 Å². The molecule has 0 bridgehead atoms. The summed E-state index contributed by atoms with van der Waals surface area (Å²) < 4.78 is 0. The summed E-state index contributed by atoms with van der Waals surface area (Å²) in [6.45, 7) is 4.38. The van der Waals surface area contributed by atoms with Gasteiger partial charge in [0.2, 0.25) is 0 Å². The number of benzene rings is 2. The summed E-state index contributed by atoms with van der Waals surface area (Å²) in [6.07, 6.45) is 1.91. The van der Waals surface area contributed by atoms with Gasteiger partial charge in [0, 0.05) is 41.8 Å². The highest BCUT2D eigenvalue weighted by molar-refractivity contribution is 6.31. The second-order valence-corrected chi connectivity index (χ2v) is 7.18. The van der Waals surface area contributed by atoms with Crippen LogP contribution >= 0.6 is 23.2 Å². The lowest BCUT2D eigenvalue weighted by molar-refractivity contribution is 0.0761. The average Bonchev–Trinajstić information content (AvgIpc) is 2.86. The maximum absolute atomic E-state index is 12.7. The molecule has 25 heavy (non-hydrogen) atoms. The van der Waals surface area contributed by atoms with Crippen LogP contribution in [0.4, 0.5) is 0 Å². The average molecular weight is 377 g/mol. The van der Waals surface area contributed by atoms with Crippen molar-refractivity contribution >= 4 is 29.1 Å². The van der Waals surface area contributed by atoms with Crippen LogP contribution in [0.25, 0.3) is 0 Å². The third-order valence-corrected chi connectivity index (χ3v) is 5.21. The molecular formula is C20H22Cl2N2O. The first kappa shape index (κ1) is 18.2. The lowest BCUT2D eigenvalue weighted by Gasteiger charge is -2.22. The van der Waals surface area contributed by atoms with Crippen molar-refractivity contribution in [2.75, 3.05) is 32.7 Å². The van der Waals surface area contributed by atoms with Crippen LogP contribution in [-0.4, -0.2) is 48.4 Å². The van der Waals surface area contributed by atoms with E-state index in [-0.39, 0.29) is 5.91 Å². The third kappa shape index (κ3) is 4.97. The number of rotatable bonds is 4. The molecule has 0 aliphatic carbocycles. The molecule has 0 atom stereocenters. The first-order valence-electron chi connectivity index (χ1n) is 8.64. The minimum absolute atomic E-state index is 0.0652. The standard InChI is InChI=1S/C20H22Cl2N2O/c21-18-7-3-6-17(15-18)20(25)24-11-4-10-23(13-14-24)12-9-16-5-1-2-8-19(16)22/h1-3,5-8,15H,4,9-14H2. The maximum atomic E-state index is 12.7. The molecule has 1 aliphatic rings. The number of hydrogen-bond donors (Lipinski definition) is 0. The Hall–Kier alpha value is -1.55. The molecule has 3 nitrogen and oxygen atoms in total. The van der Waals surface area contributed by atoms with Crippen LogP contribution in [0, 0.1) is 0 Å². The molecule has 2 aromatic carbocycles. The smallest absolute Gasteiger partial charge is 0.253 e. The van der Waals surface area contributed by atoms with Gasteiger partial charge in [-0.05, 0) is 49.2 Å². The fourth-order valence-electron chi connectivity index (χ4n) is 3.18. The predicted octanol–water partition coefficient (Wildman–Crippen LogP) is 4.38. The van der Waals surface area contributed by atoms with Crippen molar-refractivity contribution in [1.82, 2.24) is 9.80 Å². The largest absolute Gasteiger partial charge is 0.337 e. The highest BCUT2D eigenvalue weighted by atomic mass is 35.5. The Morgan fingerprint density at radius 1 is 0.960 bits per heavy atom. The van der Waals surface area contributed by atoms with E-state index in [1.807, 2.05) is 35.2 Å². The summed E-state index contributed by atoms with van der Waals surface area (Å²) in [5, 5.41) is 1.43. The van der Waals surface area contributed by atoms with Crippen LogP contribution in [-0.2, 0) is 6.42 Å². The molecule has 0 aromatic heterocycles. The zero-order chi connectivity index (χ0) is 17.6. The van der Waals surface area contributed by atoms with Crippen molar-refractivity contribution < 1.29 is 4.79 Å². The number of halogens is 2. The minimum Gasteiger partial charge on any atom is -0.337 e. The van der Waals surface area contributed by atoms with Gasteiger partial charge in [0.05, 0.1) is 0 Å². The van der Waals surface area contributed by atoms with E-state index in [0.29, 0.717) is 10.6 Å². The summed E-state index contributed by atoms with van der Waals surface area (Å²) in [5.74, 6) is 0.0652. The molecule has 0 radical (unpaired) electrons. The Balaban J connectivity index is 1.55. The van der Waals surface area contributed by atoms with Crippen molar-refractivity contribution in [2.45, 2.75) is 12.8 Å². The van der Waals surface area contributed by atoms with Crippen LogP contribution < -0.4 is 0 Å². The SMILES string of the molecule is O=C(c1cccc(Cl)c1)N1CCCN(CCc2ccccc2Cl)CC1. The second-order valence-electron chi connectivity index (χ2n) is 6.34. The molecule has 0 spiro atoms. The van der Waals surface area contributed by atoms with E-state index in [2.05, 4.69) is 11.0 Å². The quantitative estimate of drug-likeness (QED) is 0.789. The highest BCUT2D eigenvalue weighted by Gasteiger charge is 2.20. The van der Waals surface area contributed by atoms with Gasteiger partial charge in [0.25, 0.3) is 5.91 Å². The molecule has 1 heterocycles. The molecule has 1 amide bonds. The molecule has 132 valence electrons. The van der Waals surface area contributed by atoms with Gasteiger partial charge in [-0.1, -0.05) is 47.5 Å². The normalized spacial score (nSPS) is 15.8. The summed E-state index contributed by atoms with van der Waals surface area (Å²) in [4.78, 5) is 17.0. The van der Waals surface area contributed by atoms with Gasteiger partial charge in [0.15, 0.2) is 0 Å². The maximum Gasteiger partial charge on any atom is 0.253 e. The molecule has 1 fully saturated rings. The number of carbonyl (C=O) groups excluding carboxylic acids is 1. The number of nitrogens with zero attached hydrogens (tertiary/aromatic N) is 2. The molecule has 0 saturated carbocycles. The lowest BCUT2D eigenvalue weighted by atomic mass is 10.1. The van der Waals surface area contributed by atoms with Crippen molar-refractivity contribution in [3.8, 4) is 0 Å². The van der Waals surface area contributed by atoms with Gasteiger partial charge in [-0.25, -0.2) is 0 Å². The van der Waals surface area contributed by atoms with Crippen LogP contribution in [0.15, 0.2) is 48.5 Å². The monoisotopic (exact) mass is 376 g/mol. The molecule has 2 aromatic rings. The number of carbonyl (C=O) groups is 1. The van der Waals surface area contributed by atoms with Gasteiger partial charge in [-0.2, -0.15) is 0 Å². The summed E-state index contributed by atoms with van der Waals surface area (Å²) >= 11 is 12.2. The van der Waals surface area contributed by atoms with Gasteiger partial charge in [0.1, 0.15) is 0 Å². The lowest BCUT2D eigenvalue weighted by Crippen LogP contribution is -2.35. The Morgan fingerprint density at radius 3 is 2.60 bits per heavy atom. The van der Waals surface area contributed by atoms with E-state index in [1.54, 1.807) is 12.1 Å². The van der Waals surface area contributed by atoms with Crippen molar-refractivity contribution in [3.05, 3.63) is 69.7 Å². The van der Waals surface area contributed by atoms with E-state index in [1.165, 1.54) is 5.56 Å². The van der Waals surface area contributed by atoms with E-state index < -0.39 is 0 Å². The molecule has 1 saturated heterocycles. The fourth-order valence-corrected chi connectivity index (χ4v) is 3.60. The summed E-state index contributed by atoms with van der Waals surface area (Å²) in [5.41, 5.74) is 1.84. The Morgan fingerprint density at radius 2 is 1.80 bits per heavy atom. The van der Waals surface area contributed by atoms with E-state index >= 15 is 0 Å². The highest BCUT2D eigenvalue weighted by Crippen LogP contribution is 2.17. The number of amides is 1. The van der Waals surface area contributed by atoms with E-state index in [9.17, 15) is 4.79 Å². The zero-order valence-electron chi connectivity index (χ0n) is 14.1. The zero-order valence-corrected chi connectivity index (χ0v) is 15.6. The van der Waals surface area contributed by atoms with Crippen LogP contribution in [0.2, 0.25) is 10.0 Å². The van der Waals surface area contributed by atoms with Crippen LogP contribution in [0.3, 0.4) is 0 Å². The van der Waals surface area contributed by atoms with Crippen molar-refractivity contribution in [3.63, 3.8) is 0 Å². The Bertz CT molecular complexity index is 735. The van der Waals surface area contributed by atoms with Crippen LogP contribution in [0.5, 0.6) is 0 Å². The Labute approximate surface area is 159 Å². The minimum atomic E-state index is 0.0652. The second kappa shape index (κ2) is 8.70. The molecule has 5 heteroatoms. The molecule has 3 rings (SSSR count). The Kier molecular flexibility index (Phi) is 6.35. The van der Waals surface area contributed by atoms with Gasteiger partial charge >= 0.3 is 0 Å². The molecule has 1 aliphatic heterocycles. The van der Waals surface area contributed by atoms with Gasteiger partial charge in [-0.3, -0.25) is 4.79 Å². The summed E-state index contributed by atoms with van der Waals surface area (Å²) in [6, 6.07) is 15.2. The van der Waals surface area contributed by atoms with Gasteiger partial charge in [-0.15, -0.1) is 0 Å². The molecule has 0 unspecified atom stereocenters. The fraction of sp³-hybridized carbons (Fsp3) is 0.350.